The van der Waals surface area contributed by atoms with Crippen molar-refractivity contribution < 1.29 is 14.6 Å². The average Bonchev–Trinajstić information content (AvgIpc) is 2.95. The Morgan fingerprint density at radius 2 is 2.35 bits per heavy atom. The van der Waals surface area contributed by atoms with Gasteiger partial charge in [0.05, 0.1) is 6.04 Å². The summed E-state index contributed by atoms with van der Waals surface area (Å²) >= 11 is 0. The van der Waals surface area contributed by atoms with Crippen molar-refractivity contribution in [2.45, 2.75) is 56.2 Å². The smallest absolute Gasteiger partial charge is 0.405 e. The van der Waals surface area contributed by atoms with E-state index in [1.807, 2.05) is 6.08 Å². The van der Waals surface area contributed by atoms with Gasteiger partial charge < -0.3 is 15.2 Å². The number of likely N-dealkylation sites (tertiary alicyclic amines) is 1. The number of aryl methyl sites for hydroxylation is 1. The van der Waals surface area contributed by atoms with Crippen LogP contribution in [0.3, 0.4) is 0 Å². The van der Waals surface area contributed by atoms with Gasteiger partial charge in [-0.1, -0.05) is 18.2 Å². The summed E-state index contributed by atoms with van der Waals surface area (Å²) in [7, 11) is 0. The zero-order valence-corrected chi connectivity index (χ0v) is 15.2. The number of ether oxygens (including phenoxy) is 1. The lowest BCUT2D eigenvalue weighted by Crippen LogP contribution is -2.68. The maximum atomic E-state index is 11.4. The molecule has 5 nitrogen and oxygen atoms in total. The fourth-order valence-electron chi connectivity index (χ4n) is 6.47. The van der Waals surface area contributed by atoms with Crippen molar-refractivity contribution in [3.8, 4) is 5.75 Å². The van der Waals surface area contributed by atoms with Gasteiger partial charge in [-0.3, -0.25) is 4.90 Å². The Kier molecular flexibility index (Phi) is 3.42. The van der Waals surface area contributed by atoms with E-state index in [1.165, 1.54) is 16.7 Å². The molecular weight excluding hydrogens is 328 g/mol. The second-order valence-electron chi connectivity index (χ2n) is 8.37. The molecule has 138 valence electrons. The Balaban J connectivity index is 1.67. The van der Waals surface area contributed by atoms with Crippen LogP contribution in [0.4, 0.5) is 4.79 Å². The van der Waals surface area contributed by atoms with Gasteiger partial charge in [0.25, 0.3) is 0 Å². The van der Waals surface area contributed by atoms with Crippen LogP contribution < -0.4 is 10.1 Å². The number of piperidine rings is 1. The first-order valence-electron chi connectivity index (χ1n) is 9.70. The predicted molar refractivity (Wildman–Crippen MR) is 98.8 cm³/mol. The first-order valence-corrected chi connectivity index (χ1v) is 9.70. The molecule has 1 unspecified atom stereocenters. The van der Waals surface area contributed by atoms with Gasteiger partial charge >= 0.3 is 6.09 Å². The third-order valence-electron chi connectivity index (χ3n) is 7.32. The lowest BCUT2D eigenvalue weighted by atomic mass is 9.51. The highest BCUT2D eigenvalue weighted by molar-refractivity contribution is 5.66. The first-order chi connectivity index (χ1) is 12.6. The van der Waals surface area contributed by atoms with Crippen LogP contribution in [0.25, 0.3) is 0 Å². The summed E-state index contributed by atoms with van der Waals surface area (Å²) in [6, 6.07) is 4.81. The van der Waals surface area contributed by atoms with Gasteiger partial charge in [0.1, 0.15) is 11.9 Å². The summed E-state index contributed by atoms with van der Waals surface area (Å²) in [5.74, 6) is 1.57. The van der Waals surface area contributed by atoms with E-state index in [9.17, 15) is 9.90 Å². The van der Waals surface area contributed by atoms with Gasteiger partial charge in [-0.05, 0) is 56.2 Å². The van der Waals surface area contributed by atoms with E-state index in [4.69, 9.17) is 4.74 Å². The molecule has 1 aromatic rings. The second kappa shape index (κ2) is 5.49. The molecule has 26 heavy (non-hydrogen) atoms. The minimum absolute atomic E-state index is 0.0390. The standard InChI is InChI=1S/C21H26N2O3/c1-3-9-23-10-8-21-14-6-7-15(22-20(24)25)19(21)26-18-12(2)4-5-13(17(18)21)11-16(14)23/h3-5,14-16,19,22H,1,6-11H2,2H3,(H,24,25)/t14-,15?,16+,19-,21-/m1/s1. The summed E-state index contributed by atoms with van der Waals surface area (Å²) in [6.07, 6.45) is 4.98. The number of nitrogens with one attached hydrogen (secondary N) is 1. The van der Waals surface area contributed by atoms with Gasteiger partial charge in [0.15, 0.2) is 0 Å². The van der Waals surface area contributed by atoms with E-state index in [2.05, 4.69) is 35.9 Å². The molecule has 1 saturated carbocycles. The van der Waals surface area contributed by atoms with Gasteiger partial charge in [-0.25, -0.2) is 4.79 Å². The molecule has 2 aliphatic heterocycles. The normalized spacial score (nSPS) is 36.8. The Labute approximate surface area is 154 Å². The number of hydrogen-bond donors (Lipinski definition) is 2. The van der Waals surface area contributed by atoms with E-state index in [1.54, 1.807) is 0 Å². The topological polar surface area (TPSA) is 61.8 Å². The molecule has 5 rings (SSSR count). The van der Waals surface area contributed by atoms with Crippen LogP contribution in [-0.2, 0) is 11.8 Å². The molecule has 0 radical (unpaired) electrons. The summed E-state index contributed by atoms with van der Waals surface area (Å²) < 4.78 is 6.55. The summed E-state index contributed by atoms with van der Waals surface area (Å²) in [5, 5.41) is 12.1. The SMILES string of the molecule is C=CCN1CC[C@@]23c4c5ccc(C)c4O[C@@H]2C(NC(=O)O)CC[C@@H]3[C@@H]1C5. The lowest BCUT2D eigenvalue weighted by molar-refractivity contribution is -0.0603. The Morgan fingerprint density at radius 3 is 3.12 bits per heavy atom. The number of nitrogens with zero attached hydrogens (tertiary/aromatic N) is 1. The van der Waals surface area contributed by atoms with E-state index in [-0.39, 0.29) is 17.6 Å². The lowest BCUT2D eigenvalue weighted by Gasteiger charge is -2.59. The number of carbonyl (C=O) groups is 1. The zero-order chi connectivity index (χ0) is 18.1. The van der Waals surface area contributed by atoms with Crippen LogP contribution in [-0.4, -0.2) is 47.4 Å². The van der Waals surface area contributed by atoms with Crippen LogP contribution >= 0.6 is 0 Å². The zero-order valence-electron chi connectivity index (χ0n) is 15.2. The van der Waals surface area contributed by atoms with E-state index >= 15 is 0 Å². The number of benzene rings is 1. The molecule has 2 N–H and O–H groups in total. The third-order valence-corrected chi connectivity index (χ3v) is 7.32. The van der Waals surface area contributed by atoms with Crippen molar-refractivity contribution in [2.24, 2.45) is 5.92 Å². The predicted octanol–water partition coefficient (Wildman–Crippen LogP) is 2.86. The Hall–Kier alpha value is -2.01. The van der Waals surface area contributed by atoms with Crippen molar-refractivity contribution in [1.82, 2.24) is 10.2 Å². The molecule has 5 atom stereocenters. The highest BCUT2D eigenvalue weighted by Gasteiger charge is 2.65. The molecule has 1 saturated heterocycles. The van der Waals surface area contributed by atoms with Crippen molar-refractivity contribution in [3.63, 3.8) is 0 Å². The molecule has 2 bridgehead atoms. The van der Waals surface area contributed by atoms with Crippen molar-refractivity contribution >= 4 is 6.09 Å². The van der Waals surface area contributed by atoms with Gasteiger partial charge in [-0.2, -0.15) is 0 Å². The van der Waals surface area contributed by atoms with Crippen LogP contribution in [0, 0.1) is 12.8 Å². The fourth-order valence-corrected chi connectivity index (χ4v) is 6.47. The van der Waals surface area contributed by atoms with Gasteiger partial charge in [0.2, 0.25) is 0 Å². The van der Waals surface area contributed by atoms with E-state index < -0.39 is 6.09 Å². The van der Waals surface area contributed by atoms with Crippen molar-refractivity contribution in [1.29, 1.82) is 0 Å². The third kappa shape index (κ3) is 1.92. The maximum Gasteiger partial charge on any atom is 0.405 e. The average molecular weight is 354 g/mol. The Bertz CT molecular complexity index is 792. The Morgan fingerprint density at radius 1 is 1.50 bits per heavy atom. The fraction of sp³-hybridized carbons (Fsp3) is 0.571. The van der Waals surface area contributed by atoms with Crippen molar-refractivity contribution in [3.05, 3.63) is 41.5 Å². The molecule has 5 heteroatoms. The number of amides is 1. The van der Waals surface area contributed by atoms with Crippen LogP contribution in [0.15, 0.2) is 24.8 Å². The summed E-state index contributed by atoms with van der Waals surface area (Å²) in [4.78, 5) is 14.0. The minimum atomic E-state index is -0.946. The number of hydrogen-bond acceptors (Lipinski definition) is 3. The number of carboxylic acid groups (broad SMARTS) is 1. The summed E-state index contributed by atoms with van der Waals surface area (Å²) in [6.45, 7) is 8.01. The number of rotatable bonds is 3. The van der Waals surface area contributed by atoms with E-state index in [0.29, 0.717) is 12.0 Å². The van der Waals surface area contributed by atoms with Gasteiger partial charge in [-0.15, -0.1) is 6.58 Å². The van der Waals surface area contributed by atoms with Gasteiger partial charge in [0, 0.05) is 23.6 Å². The molecule has 1 spiro atoms. The minimum Gasteiger partial charge on any atom is -0.487 e. The molecular formula is C21H26N2O3. The van der Waals surface area contributed by atoms with Crippen LogP contribution in [0.2, 0.25) is 0 Å². The molecule has 0 aromatic heterocycles. The maximum absolute atomic E-state index is 11.4. The molecule has 4 aliphatic rings. The van der Waals surface area contributed by atoms with E-state index in [0.717, 1.165) is 44.5 Å². The van der Waals surface area contributed by atoms with Crippen LogP contribution in [0.1, 0.15) is 36.0 Å². The summed E-state index contributed by atoms with van der Waals surface area (Å²) in [5.41, 5.74) is 3.94. The molecule has 1 aromatic carbocycles. The first kappa shape index (κ1) is 16.2. The largest absolute Gasteiger partial charge is 0.487 e. The second-order valence-corrected chi connectivity index (χ2v) is 8.37. The molecule has 2 fully saturated rings. The molecule has 1 amide bonds. The highest BCUT2D eigenvalue weighted by Crippen LogP contribution is 2.62. The van der Waals surface area contributed by atoms with Crippen LogP contribution in [0.5, 0.6) is 5.75 Å². The van der Waals surface area contributed by atoms with Crippen molar-refractivity contribution in [2.75, 3.05) is 13.1 Å². The highest BCUT2D eigenvalue weighted by atomic mass is 16.5. The monoisotopic (exact) mass is 354 g/mol. The quantitative estimate of drug-likeness (QED) is 0.820. The molecule has 2 aliphatic carbocycles. The molecule has 2 heterocycles.